The van der Waals surface area contributed by atoms with E-state index in [1.54, 1.807) is 12.1 Å². The van der Waals surface area contributed by atoms with Gasteiger partial charge in [0.15, 0.2) is 0 Å². The zero-order chi connectivity index (χ0) is 27.8. The number of aryl methyl sites for hydroxylation is 1. The van der Waals surface area contributed by atoms with Gasteiger partial charge in [0.2, 0.25) is 11.8 Å². The SMILES string of the molecule is CC.Cc1cc(CN(CC2CC2)C(CC(=O)O)c2ccc(Cl)cc2Cl)ccc1OCCN1C(=O)CCC1=O. The molecule has 0 bridgehead atoms. The molecule has 1 atom stereocenters. The average molecular weight is 564 g/mol. The van der Waals surface area contributed by atoms with E-state index >= 15 is 0 Å². The first kappa shape index (κ1) is 29.9. The Hall–Kier alpha value is -2.61. The predicted octanol–water partition coefficient (Wildman–Crippen LogP) is 6.28. The molecule has 1 aliphatic carbocycles. The highest BCUT2D eigenvalue weighted by atomic mass is 35.5. The van der Waals surface area contributed by atoms with E-state index in [-0.39, 0.29) is 50.3 Å². The maximum Gasteiger partial charge on any atom is 0.305 e. The van der Waals surface area contributed by atoms with E-state index in [1.807, 2.05) is 45.0 Å². The molecule has 1 unspecified atom stereocenters. The predicted molar refractivity (Wildman–Crippen MR) is 149 cm³/mol. The van der Waals surface area contributed by atoms with Crippen molar-refractivity contribution in [3.05, 3.63) is 63.1 Å². The van der Waals surface area contributed by atoms with E-state index in [1.165, 1.54) is 4.90 Å². The minimum atomic E-state index is -0.887. The second-order valence-corrected chi connectivity index (χ2v) is 10.4. The molecule has 1 aliphatic heterocycles. The maximum atomic E-state index is 11.8. The first-order chi connectivity index (χ1) is 18.2. The van der Waals surface area contributed by atoms with Crippen LogP contribution in [0.3, 0.4) is 0 Å². The number of nitrogens with zero attached hydrogens (tertiary/aromatic N) is 2. The van der Waals surface area contributed by atoms with Crippen LogP contribution < -0.4 is 4.74 Å². The lowest BCUT2D eigenvalue weighted by Crippen LogP contribution is -2.33. The molecule has 0 aromatic heterocycles. The molecule has 1 N–H and O–H groups in total. The van der Waals surface area contributed by atoms with Crippen molar-refractivity contribution < 1.29 is 24.2 Å². The van der Waals surface area contributed by atoms with E-state index in [0.29, 0.717) is 28.3 Å². The highest BCUT2D eigenvalue weighted by Gasteiger charge is 2.32. The largest absolute Gasteiger partial charge is 0.491 e. The van der Waals surface area contributed by atoms with Crippen LogP contribution in [0, 0.1) is 12.8 Å². The van der Waals surface area contributed by atoms with Gasteiger partial charge >= 0.3 is 5.97 Å². The number of carbonyl (C=O) groups excluding carboxylic acids is 2. The Balaban J connectivity index is 0.00000195. The van der Waals surface area contributed by atoms with Crippen molar-refractivity contribution in [2.24, 2.45) is 5.92 Å². The lowest BCUT2D eigenvalue weighted by Gasteiger charge is -2.32. The van der Waals surface area contributed by atoms with Crippen molar-refractivity contribution in [3.8, 4) is 5.75 Å². The van der Waals surface area contributed by atoms with E-state index in [9.17, 15) is 19.5 Å². The Morgan fingerprint density at radius 1 is 1.11 bits per heavy atom. The zero-order valence-corrected chi connectivity index (χ0v) is 23.7. The van der Waals surface area contributed by atoms with E-state index in [2.05, 4.69) is 4.90 Å². The molecule has 38 heavy (non-hydrogen) atoms. The first-order valence-electron chi connectivity index (χ1n) is 13.2. The summed E-state index contributed by atoms with van der Waals surface area (Å²) in [5, 5.41) is 10.6. The number of carbonyl (C=O) groups is 3. The Labute approximate surface area is 234 Å². The lowest BCUT2D eigenvalue weighted by atomic mass is 10.00. The highest BCUT2D eigenvalue weighted by molar-refractivity contribution is 6.35. The second kappa shape index (κ2) is 14.0. The van der Waals surface area contributed by atoms with Gasteiger partial charge in [0.25, 0.3) is 0 Å². The van der Waals surface area contributed by atoms with Crippen LogP contribution in [-0.4, -0.2) is 52.4 Å². The fourth-order valence-corrected chi connectivity index (χ4v) is 5.17. The van der Waals surface area contributed by atoms with Crippen LogP contribution in [-0.2, 0) is 20.9 Å². The van der Waals surface area contributed by atoms with Gasteiger partial charge in [-0.1, -0.05) is 55.2 Å². The van der Waals surface area contributed by atoms with Gasteiger partial charge in [-0.25, -0.2) is 0 Å². The smallest absolute Gasteiger partial charge is 0.305 e. The molecule has 2 aromatic rings. The van der Waals surface area contributed by atoms with Gasteiger partial charge in [-0.15, -0.1) is 0 Å². The summed E-state index contributed by atoms with van der Waals surface area (Å²) in [4.78, 5) is 38.8. The molecule has 0 spiro atoms. The summed E-state index contributed by atoms with van der Waals surface area (Å²) in [7, 11) is 0. The minimum Gasteiger partial charge on any atom is -0.491 e. The molecule has 2 aromatic carbocycles. The normalized spacial score (nSPS) is 15.9. The third-order valence-corrected chi connectivity index (χ3v) is 7.23. The number of halogens is 2. The third-order valence-electron chi connectivity index (χ3n) is 6.67. The summed E-state index contributed by atoms with van der Waals surface area (Å²) in [6.07, 6.45) is 2.75. The first-order valence-corrected chi connectivity index (χ1v) is 13.9. The second-order valence-electron chi connectivity index (χ2n) is 9.54. The van der Waals surface area contributed by atoms with Gasteiger partial charge in [0.05, 0.1) is 13.0 Å². The average Bonchev–Trinajstić information content (AvgIpc) is 3.64. The number of hydrogen-bond acceptors (Lipinski definition) is 5. The fraction of sp³-hybridized carbons (Fsp3) is 0.483. The molecule has 9 heteroatoms. The van der Waals surface area contributed by atoms with Crippen molar-refractivity contribution in [1.29, 1.82) is 0 Å². The number of hydrogen-bond donors (Lipinski definition) is 1. The van der Waals surface area contributed by atoms with E-state index < -0.39 is 5.97 Å². The molecule has 2 amide bonds. The van der Waals surface area contributed by atoms with Crippen molar-refractivity contribution in [1.82, 2.24) is 9.80 Å². The number of carboxylic acid groups (broad SMARTS) is 1. The molecule has 1 saturated heterocycles. The van der Waals surface area contributed by atoms with Crippen LogP contribution in [0.15, 0.2) is 36.4 Å². The van der Waals surface area contributed by atoms with Crippen LogP contribution in [0.4, 0.5) is 0 Å². The summed E-state index contributed by atoms with van der Waals surface area (Å²) >= 11 is 12.6. The number of ether oxygens (including phenoxy) is 1. The van der Waals surface area contributed by atoms with Crippen LogP contribution in [0.5, 0.6) is 5.75 Å². The van der Waals surface area contributed by atoms with Crippen molar-refractivity contribution in [3.63, 3.8) is 0 Å². The van der Waals surface area contributed by atoms with Gasteiger partial charge in [-0.05, 0) is 60.6 Å². The summed E-state index contributed by atoms with van der Waals surface area (Å²) < 4.78 is 5.86. The molecule has 1 heterocycles. The molecule has 0 radical (unpaired) electrons. The number of carboxylic acids is 1. The number of benzene rings is 2. The van der Waals surface area contributed by atoms with E-state index in [4.69, 9.17) is 27.9 Å². The minimum absolute atomic E-state index is 0.0673. The number of amides is 2. The Morgan fingerprint density at radius 3 is 2.37 bits per heavy atom. The summed E-state index contributed by atoms with van der Waals surface area (Å²) in [5.74, 6) is 0.0504. The lowest BCUT2D eigenvalue weighted by molar-refractivity contribution is -0.140. The van der Waals surface area contributed by atoms with Crippen LogP contribution in [0.2, 0.25) is 10.0 Å². The fourth-order valence-electron chi connectivity index (χ4n) is 4.63. The monoisotopic (exact) mass is 562 g/mol. The number of rotatable bonds is 12. The van der Waals surface area contributed by atoms with Crippen molar-refractivity contribution in [2.45, 2.75) is 65.5 Å². The van der Waals surface area contributed by atoms with Crippen LogP contribution >= 0.6 is 23.2 Å². The summed E-state index contributed by atoms with van der Waals surface area (Å²) in [6.45, 7) is 7.77. The van der Waals surface area contributed by atoms with Crippen molar-refractivity contribution >= 4 is 41.0 Å². The Kier molecular flexibility index (Phi) is 11.0. The molecular formula is C29H36Cl2N2O5. The van der Waals surface area contributed by atoms with Crippen molar-refractivity contribution in [2.75, 3.05) is 19.7 Å². The van der Waals surface area contributed by atoms with E-state index in [0.717, 1.165) is 36.1 Å². The van der Waals surface area contributed by atoms with Gasteiger partial charge < -0.3 is 9.84 Å². The quantitative estimate of drug-likeness (QED) is 0.306. The summed E-state index contributed by atoms with van der Waals surface area (Å²) in [6, 6.07) is 10.7. The molecule has 2 aliphatic rings. The molecule has 7 nitrogen and oxygen atoms in total. The van der Waals surface area contributed by atoms with Crippen LogP contribution in [0.1, 0.15) is 68.7 Å². The van der Waals surface area contributed by atoms with Gasteiger partial charge in [-0.2, -0.15) is 0 Å². The molecule has 1 saturated carbocycles. The van der Waals surface area contributed by atoms with Gasteiger partial charge in [0, 0.05) is 42.0 Å². The number of aliphatic carboxylic acids is 1. The molecule has 2 fully saturated rings. The maximum absolute atomic E-state index is 11.8. The zero-order valence-electron chi connectivity index (χ0n) is 22.2. The molecule has 206 valence electrons. The number of imide groups is 1. The number of likely N-dealkylation sites (tertiary alicyclic amines) is 1. The molecular weight excluding hydrogens is 527 g/mol. The Morgan fingerprint density at radius 2 is 1.79 bits per heavy atom. The third kappa shape index (κ3) is 8.19. The Bertz CT molecular complexity index is 1140. The highest BCUT2D eigenvalue weighted by Crippen LogP contribution is 2.38. The standard InChI is InChI=1S/C27H30Cl2N2O5.C2H6/c1-17-12-19(4-7-24(17)36-11-10-31-25(32)8-9-26(31)33)16-30(15-18-2-3-18)23(14-27(34)35)21-6-5-20(28)13-22(21)29;1-2/h4-7,12-13,18,23H,2-3,8-11,14-16H2,1H3,(H,34,35);1-2H3. The van der Waals surface area contributed by atoms with Gasteiger partial charge in [-0.3, -0.25) is 24.2 Å². The molecule has 4 rings (SSSR count). The summed E-state index contributed by atoms with van der Waals surface area (Å²) in [5.41, 5.74) is 2.72. The van der Waals surface area contributed by atoms with Gasteiger partial charge in [0.1, 0.15) is 12.4 Å². The van der Waals surface area contributed by atoms with Crippen LogP contribution in [0.25, 0.3) is 0 Å². The topological polar surface area (TPSA) is 87.2 Å².